The Bertz CT molecular complexity index is 378. The van der Waals surface area contributed by atoms with Crippen LogP contribution >= 0.6 is 0 Å². The minimum atomic E-state index is -0.413. The van der Waals surface area contributed by atoms with E-state index in [0.717, 1.165) is 0 Å². The number of nitrogens with two attached hydrogens (primary N) is 1. The van der Waals surface area contributed by atoms with Crippen LogP contribution in [-0.4, -0.2) is 30.4 Å². The Morgan fingerprint density at radius 2 is 2.27 bits per heavy atom. The third kappa shape index (κ3) is 2.94. The molecule has 0 atom stereocenters. The number of hydrogen-bond acceptors (Lipinski definition) is 4. The summed E-state index contributed by atoms with van der Waals surface area (Å²) >= 11 is 0. The predicted molar refractivity (Wildman–Crippen MR) is 55.0 cm³/mol. The zero-order valence-electron chi connectivity index (χ0n) is 8.28. The maximum absolute atomic E-state index is 11.5. The Hall–Kier alpha value is -2.11. The van der Waals surface area contributed by atoms with Crippen LogP contribution in [0.5, 0.6) is 0 Å². The van der Waals surface area contributed by atoms with E-state index in [2.05, 4.69) is 15.6 Å². The number of carbonyl (C=O) groups excluding carboxylic acids is 2. The number of carbonyl (C=O) groups is 2. The highest BCUT2D eigenvalue weighted by Crippen LogP contribution is 2.07. The highest BCUT2D eigenvalue weighted by Gasteiger charge is 2.09. The molecule has 1 rings (SSSR count). The Labute approximate surface area is 86.9 Å². The summed E-state index contributed by atoms with van der Waals surface area (Å²) in [6.07, 6.45) is 2.85. The van der Waals surface area contributed by atoms with Crippen molar-refractivity contribution < 1.29 is 9.59 Å². The molecule has 0 spiro atoms. The summed E-state index contributed by atoms with van der Waals surface area (Å²) in [5.74, 6) is -0.685. The van der Waals surface area contributed by atoms with Crippen LogP contribution in [0.1, 0.15) is 10.4 Å². The molecule has 0 aliphatic carbocycles. The van der Waals surface area contributed by atoms with Crippen molar-refractivity contribution in [1.82, 2.24) is 15.6 Å². The molecule has 6 heteroatoms. The van der Waals surface area contributed by atoms with E-state index in [1.54, 1.807) is 0 Å². The molecule has 1 heterocycles. The number of aromatic nitrogens is 1. The lowest BCUT2D eigenvalue weighted by Gasteiger charge is -2.05. The minimum Gasteiger partial charge on any atom is -0.398 e. The van der Waals surface area contributed by atoms with Crippen LogP contribution in [0.15, 0.2) is 18.5 Å². The summed E-state index contributed by atoms with van der Waals surface area (Å²) in [5.41, 5.74) is 6.16. The highest BCUT2D eigenvalue weighted by molar-refractivity contribution is 6.00. The van der Waals surface area contributed by atoms with Crippen molar-refractivity contribution in [1.29, 1.82) is 0 Å². The van der Waals surface area contributed by atoms with Crippen molar-refractivity contribution in [3.8, 4) is 0 Å². The molecule has 2 amide bonds. The third-order valence-corrected chi connectivity index (χ3v) is 1.79. The van der Waals surface area contributed by atoms with E-state index in [0.29, 0.717) is 5.69 Å². The largest absolute Gasteiger partial charge is 0.398 e. The Kier molecular flexibility index (Phi) is 3.61. The molecule has 0 aliphatic heterocycles. The molecule has 1 aromatic rings. The van der Waals surface area contributed by atoms with E-state index < -0.39 is 5.91 Å². The minimum absolute atomic E-state index is 0.0797. The first kappa shape index (κ1) is 11.0. The van der Waals surface area contributed by atoms with Gasteiger partial charge in [-0.3, -0.25) is 14.6 Å². The van der Waals surface area contributed by atoms with Gasteiger partial charge in [-0.15, -0.1) is 0 Å². The van der Waals surface area contributed by atoms with E-state index >= 15 is 0 Å². The number of nitrogens with zero attached hydrogens (tertiary/aromatic N) is 1. The second-order valence-electron chi connectivity index (χ2n) is 2.82. The first-order valence-corrected chi connectivity index (χ1v) is 4.33. The van der Waals surface area contributed by atoms with Crippen LogP contribution in [0, 0.1) is 0 Å². The normalized spacial score (nSPS) is 9.40. The molecule has 0 unspecified atom stereocenters. The molecule has 1 aromatic heterocycles. The average molecular weight is 208 g/mol. The van der Waals surface area contributed by atoms with Crippen LogP contribution < -0.4 is 16.4 Å². The Balaban J connectivity index is 2.62. The molecule has 4 N–H and O–H groups in total. The number of likely N-dealkylation sites (N-methyl/N-ethyl adjacent to an activating group) is 1. The monoisotopic (exact) mass is 208 g/mol. The average Bonchev–Trinajstić information content (AvgIpc) is 2.26. The van der Waals surface area contributed by atoms with Gasteiger partial charge in [-0.1, -0.05) is 0 Å². The molecular formula is C9H12N4O2. The zero-order chi connectivity index (χ0) is 11.3. The van der Waals surface area contributed by atoms with E-state index in [4.69, 9.17) is 5.73 Å². The number of pyridine rings is 1. The van der Waals surface area contributed by atoms with Gasteiger partial charge in [0.25, 0.3) is 5.91 Å². The molecule has 0 bridgehead atoms. The first-order chi connectivity index (χ1) is 7.15. The van der Waals surface area contributed by atoms with Crippen molar-refractivity contribution in [2.75, 3.05) is 19.3 Å². The van der Waals surface area contributed by atoms with Gasteiger partial charge in [-0.25, -0.2) is 0 Å². The molecule has 6 nitrogen and oxygen atoms in total. The summed E-state index contributed by atoms with van der Waals surface area (Å²) < 4.78 is 0. The molecular weight excluding hydrogens is 196 g/mol. The van der Waals surface area contributed by atoms with Crippen LogP contribution in [0.3, 0.4) is 0 Å². The topological polar surface area (TPSA) is 97.1 Å². The Morgan fingerprint density at radius 1 is 1.53 bits per heavy atom. The van der Waals surface area contributed by atoms with Crippen LogP contribution in [0.4, 0.5) is 5.69 Å². The van der Waals surface area contributed by atoms with Gasteiger partial charge in [0.2, 0.25) is 5.91 Å². The van der Waals surface area contributed by atoms with Gasteiger partial charge >= 0.3 is 0 Å². The summed E-state index contributed by atoms with van der Waals surface area (Å²) in [7, 11) is 1.49. The molecule has 0 fully saturated rings. The number of anilines is 1. The highest BCUT2D eigenvalue weighted by atomic mass is 16.2. The molecule has 15 heavy (non-hydrogen) atoms. The summed E-state index contributed by atoms with van der Waals surface area (Å²) in [6, 6.07) is 1.52. The number of hydrogen-bond donors (Lipinski definition) is 3. The maximum Gasteiger partial charge on any atom is 0.255 e. The third-order valence-electron chi connectivity index (χ3n) is 1.79. The van der Waals surface area contributed by atoms with Gasteiger partial charge < -0.3 is 16.4 Å². The lowest BCUT2D eigenvalue weighted by molar-refractivity contribution is -0.119. The van der Waals surface area contributed by atoms with Crippen molar-refractivity contribution >= 4 is 17.5 Å². The van der Waals surface area contributed by atoms with E-state index in [1.807, 2.05) is 0 Å². The van der Waals surface area contributed by atoms with E-state index in [9.17, 15) is 9.59 Å². The molecule has 0 radical (unpaired) electrons. The SMILES string of the molecule is CNC(=O)CNC(=O)c1cnccc1N. The fourth-order valence-corrected chi connectivity index (χ4v) is 0.939. The van der Waals surface area contributed by atoms with Gasteiger partial charge in [0, 0.05) is 25.1 Å². The molecule has 0 saturated heterocycles. The van der Waals surface area contributed by atoms with Gasteiger partial charge in [0.05, 0.1) is 12.1 Å². The first-order valence-electron chi connectivity index (χ1n) is 4.33. The smallest absolute Gasteiger partial charge is 0.255 e. The van der Waals surface area contributed by atoms with E-state index in [-0.39, 0.29) is 18.0 Å². The maximum atomic E-state index is 11.5. The standard InChI is InChI=1S/C9H12N4O2/c1-11-8(14)5-13-9(15)6-4-12-3-2-7(6)10/h2-4H,5H2,1H3,(H2,10,12)(H,11,14)(H,13,15). The van der Waals surface area contributed by atoms with Crippen LogP contribution in [-0.2, 0) is 4.79 Å². The van der Waals surface area contributed by atoms with Gasteiger partial charge in [-0.05, 0) is 6.07 Å². The lowest BCUT2D eigenvalue weighted by Crippen LogP contribution is -2.35. The lowest BCUT2D eigenvalue weighted by atomic mass is 10.2. The van der Waals surface area contributed by atoms with Crippen molar-refractivity contribution in [2.24, 2.45) is 0 Å². The molecule has 0 saturated carbocycles. The Morgan fingerprint density at radius 3 is 2.87 bits per heavy atom. The van der Waals surface area contributed by atoms with Gasteiger partial charge in [0.15, 0.2) is 0 Å². The van der Waals surface area contributed by atoms with Crippen molar-refractivity contribution in [3.63, 3.8) is 0 Å². The van der Waals surface area contributed by atoms with Gasteiger partial charge in [0.1, 0.15) is 0 Å². The van der Waals surface area contributed by atoms with Gasteiger partial charge in [-0.2, -0.15) is 0 Å². The number of amides is 2. The van der Waals surface area contributed by atoms with Crippen molar-refractivity contribution in [2.45, 2.75) is 0 Å². The second-order valence-corrected chi connectivity index (χ2v) is 2.82. The summed E-state index contributed by atoms with van der Waals surface area (Å²) in [6.45, 7) is -0.0797. The fourth-order valence-electron chi connectivity index (χ4n) is 0.939. The number of nitrogens with one attached hydrogen (secondary N) is 2. The molecule has 80 valence electrons. The van der Waals surface area contributed by atoms with Crippen LogP contribution in [0.25, 0.3) is 0 Å². The quantitative estimate of drug-likeness (QED) is 0.602. The number of rotatable bonds is 3. The fraction of sp³-hybridized carbons (Fsp3) is 0.222. The number of nitrogen functional groups attached to an aromatic ring is 1. The summed E-state index contributed by atoms with van der Waals surface area (Å²) in [5, 5.41) is 4.81. The van der Waals surface area contributed by atoms with E-state index in [1.165, 1.54) is 25.5 Å². The predicted octanol–water partition coefficient (Wildman–Crippen LogP) is -0.860. The van der Waals surface area contributed by atoms with Crippen molar-refractivity contribution in [3.05, 3.63) is 24.0 Å². The second kappa shape index (κ2) is 4.94. The summed E-state index contributed by atoms with van der Waals surface area (Å²) in [4.78, 5) is 26.1. The molecule has 0 aromatic carbocycles. The zero-order valence-corrected chi connectivity index (χ0v) is 8.28. The molecule has 0 aliphatic rings. The van der Waals surface area contributed by atoms with Crippen LogP contribution in [0.2, 0.25) is 0 Å².